The minimum atomic E-state index is 0.326. The summed E-state index contributed by atoms with van der Waals surface area (Å²) in [5.74, 6) is 1.00. The Morgan fingerprint density at radius 3 is 2.38 bits per heavy atom. The third-order valence-electron chi connectivity index (χ3n) is 1.82. The van der Waals surface area contributed by atoms with Gasteiger partial charge in [0.1, 0.15) is 5.75 Å². The molecule has 0 aliphatic carbocycles. The summed E-state index contributed by atoms with van der Waals surface area (Å²) in [6.07, 6.45) is 0. The predicted octanol–water partition coefficient (Wildman–Crippen LogP) is 2.14. The van der Waals surface area contributed by atoms with E-state index in [4.69, 9.17) is 5.11 Å². The van der Waals surface area contributed by atoms with Gasteiger partial charge in [-0.05, 0) is 30.2 Å². The molecule has 0 saturated carbocycles. The third-order valence-corrected chi connectivity index (χ3v) is 1.82. The molecule has 1 rings (SSSR count). The first kappa shape index (κ1) is 10.1. The average molecular weight is 179 g/mol. The Bertz CT molecular complexity index is 241. The van der Waals surface area contributed by atoms with Crippen LogP contribution in [0.25, 0.3) is 0 Å². The molecule has 0 spiro atoms. The van der Waals surface area contributed by atoms with E-state index in [1.54, 1.807) is 12.1 Å². The summed E-state index contributed by atoms with van der Waals surface area (Å²) in [6.45, 7) is 6.27. The number of aromatic hydroxyl groups is 1. The molecule has 0 unspecified atom stereocenters. The Balaban J connectivity index is 2.33. The minimum Gasteiger partial charge on any atom is -0.508 e. The molecular formula is C11H17NO. The van der Waals surface area contributed by atoms with Crippen molar-refractivity contribution in [1.82, 2.24) is 5.32 Å². The van der Waals surface area contributed by atoms with Gasteiger partial charge in [-0.1, -0.05) is 26.0 Å². The Labute approximate surface area is 79.6 Å². The summed E-state index contributed by atoms with van der Waals surface area (Å²) >= 11 is 0. The lowest BCUT2D eigenvalue weighted by molar-refractivity contribution is 0.474. The average Bonchev–Trinajstić information content (AvgIpc) is 2.08. The van der Waals surface area contributed by atoms with Crippen LogP contribution in [0.15, 0.2) is 24.3 Å². The molecule has 1 aromatic carbocycles. The van der Waals surface area contributed by atoms with Gasteiger partial charge in [-0.2, -0.15) is 0 Å². The van der Waals surface area contributed by atoms with Gasteiger partial charge < -0.3 is 10.4 Å². The van der Waals surface area contributed by atoms with Gasteiger partial charge in [0.15, 0.2) is 0 Å². The summed E-state index contributed by atoms with van der Waals surface area (Å²) in [7, 11) is 0. The third kappa shape index (κ3) is 3.95. The van der Waals surface area contributed by atoms with E-state index in [2.05, 4.69) is 19.2 Å². The van der Waals surface area contributed by atoms with Crippen LogP contribution in [0, 0.1) is 5.92 Å². The highest BCUT2D eigenvalue weighted by atomic mass is 16.3. The number of benzene rings is 1. The molecule has 0 bridgehead atoms. The Kier molecular flexibility index (Phi) is 3.77. The highest BCUT2D eigenvalue weighted by molar-refractivity contribution is 5.25. The Morgan fingerprint density at radius 1 is 1.23 bits per heavy atom. The molecule has 2 heteroatoms. The van der Waals surface area contributed by atoms with Crippen molar-refractivity contribution in [3.05, 3.63) is 29.8 Å². The van der Waals surface area contributed by atoms with Crippen LogP contribution in [0.1, 0.15) is 19.4 Å². The van der Waals surface area contributed by atoms with Crippen LogP contribution in [-0.2, 0) is 6.54 Å². The maximum absolute atomic E-state index is 9.05. The van der Waals surface area contributed by atoms with Crippen LogP contribution in [-0.4, -0.2) is 11.7 Å². The summed E-state index contributed by atoms with van der Waals surface area (Å²) in [5.41, 5.74) is 1.21. The molecule has 0 fully saturated rings. The van der Waals surface area contributed by atoms with E-state index in [9.17, 15) is 0 Å². The lowest BCUT2D eigenvalue weighted by atomic mass is 10.2. The minimum absolute atomic E-state index is 0.326. The molecule has 2 nitrogen and oxygen atoms in total. The van der Waals surface area contributed by atoms with Gasteiger partial charge in [0.2, 0.25) is 0 Å². The maximum atomic E-state index is 9.05. The fourth-order valence-electron chi connectivity index (χ4n) is 1.12. The first-order valence-corrected chi connectivity index (χ1v) is 4.67. The second kappa shape index (κ2) is 4.87. The van der Waals surface area contributed by atoms with Crippen molar-refractivity contribution >= 4 is 0 Å². The largest absolute Gasteiger partial charge is 0.508 e. The molecule has 0 atom stereocenters. The summed E-state index contributed by atoms with van der Waals surface area (Å²) in [4.78, 5) is 0. The monoisotopic (exact) mass is 179 g/mol. The Hall–Kier alpha value is -1.02. The van der Waals surface area contributed by atoms with Gasteiger partial charge >= 0.3 is 0 Å². The smallest absolute Gasteiger partial charge is 0.115 e. The number of hydrogen-bond acceptors (Lipinski definition) is 2. The van der Waals surface area contributed by atoms with E-state index in [1.165, 1.54) is 5.56 Å². The second-order valence-electron chi connectivity index (χ2n) is 3.69. The molecule has 2 N–H and O–H groups in total. The second-order valence-corrected chi connectivity index (χ2v) is 3.69. The zero-order chi connectivity index (χ0) is 9.68. The topological polar surface area (TPSA) is 32.3 Å². The van der Waals surface area contributed by atoms with Crippen molar-refractivity contribution in [2.45, 2.75) is 20.4 Å². The molecule has 0 saturated heterocycles. The number of hydrogen-bond donors (Lipinski definition) is 2. The SMILES string of the molecule is CC(C)CNCc1ccc(O)cc1. The molecular weight excluding hydrogens is 162 g/mol. The molecule has 0 aliphatic rings. The van der Waals surface area contributed by atoms with Crippen LogP contribution >= 0.6 is 0 Å². The Morgan fingerprint density at radius 2 is 1.85 bits per heavy atom. The summed E-state index contributed by atoms with van der Waals surface area (Å²) in [6, 6.07) is 7.30. The van der Waals surface area contributed by atoms with E-state index in [0.29, 0.717) is 11.7 Å². The van der Waals surface area contributed by atoms with Crippen LogP contribution in [0.4, 0.5) is 0 Å². The summed E-state index contributed by atoms with van der Waals surface area (Å²) < 4.78 is 0. The molecule has 72 valence electrons. The van der Waals surface area contributed by atoms with Crippen molar-refractivity contribution in [2.24, 2.45) is 5.92 Å². The first-order valence-electron chi connectivity index (χ1n) is 4.67. The quantitative estimate of drug-likeness (QED) is 0.742. The molecule has 0 heterocycles. The van der Waals surface area contributed by atoms with Gasteiger partial charge in [-0.3, -0.25) is 0 Å². The lowest BCUT2D eigenvalue weighted by Crippen LogP contribution is -2.18. The fraction of sp³-hybridized carbons (Fsp3) is 0.455. The number of phenols is 1. The van der Waals surface area contributed by atoms with Crippen molar-refractivity contribution in [2.75, 3.05) is 6.54 Å². The summed E-state index contributed by atoms with van der Waals surface area (Å²) in [5, 5.41) is 12.4. The van der Waals surface area contributed by atoms with Crippen LogP contribution < -0.4 is 5.32 Å². The normalized spacial score (nSPS) is 10.7. The molecule has 0 aromatic heterocycles. The van der Waals surface area contributed by atoms with Crippen molar-refractivity contribution < 1.29 is 5.11 Å². The predicted molar refractivity (Wildman–Crippen MR) is 54.7 cm³/mol. The lowest BCUT2D eigenvalue weighted by Gasteiger charge is -2.07. The molecule has 13 heavy (non-hydrogen) atoms. The van der Waals surface area contributed by atoms with E-state index in [0.717, 1.165) is 13.1 Å². The first-order chi connectivity index (χ1) is 6.18. The van der Waals surface area contributed by atoms with Crippen molar-refractivity contribution in [1.29, 1.82) is 0 Å². The highest BCUT2D eigenvalue weighted by Crippen LogP contribution is 2.09. The fourth-order valence-corrected chi connectivity index (χ4v) is 1.12. The van der Waals surface area contributed by atoms with Crippen LogP contribution in [0.3, 0.4) is 0 Å². The van der Waals surface area contributed by atoms with Gasteiger partial charge in [0.25, 0.3) is 0 Å². The molecule has 1 aromatic rings. The van der Waals surface area contributed by atoms with E-state index in [-0.39, 0.29) is 0 Å². The van der Waals surface area contributed by atoms with E-state index in [1.807, 2.05) is 12.1 Å². The number of nitrogens with one attached hydrogen (secondary N) is 1. The van der Waals surface area contributed by atoms with Crippen LogP contribution in [0.2, 0.25) is 0 Å². The van der Waals surface area contributed by atoms with Gasteiger partial charge in [-0.25, -0.2) is 0 Å². The van der Waals surface area contributed by atoms with E-state index < -0.39 is 0 Å². The number of phenolic OH excluding ortho intramolecular Hbond substituents is 1. The zero-order valence-corrected chi connectivity index (χ0v) is 8.25. The standard InChI is InChI=1S/C11H17NO/c1-9(2)7-12-8-10-3-5-11(13)6-4-10/h3-6,9,12-13H,7-8H2,1-2H3. The molecule has 0 amide bonds. The van der Waals surface area contributed by atoms with Gasteiger partial charge in [0.05, 0.1) is 0 Å². The van der Waals surface area contributed by atoms with Crippen LogP contribution in [0.5, 0.6) is 5.75 Å². The maximum Gasteiger partial charge on any atom is 0.115 e. The molecule has 0 aliphatic heterocycles. The molecule has 0 radical (unpaired) electrons. The zero-order valence-electron chi connectivity index (χ0n) is 8.25. The van der Waals surface area contributed by atoms with E-state index >= 15 is 0 Å². The van der Waals surface area contributed by atoms with Crippen molar-refractivity contribution in [3.63, 3.8) is 0 Å². The van der Waals surface area contributed by atoms with Gasteiger partial charge in [0, 0.05) is 6.54 Å². The highest BCUT2D eigenvalue weighted by Gasteiger charge is 1.94. The van der Waals surface area contributed by atoms with Crippen molar-refractivity contribution in [3.8, 4) is 5.75 Å². The van der Waals surface area contributed by atoms with Gasteiger partial charge in [-0.15, -0.1) is 0 Å². The number of rotatable bonds is 4.